The summed E-state index contributed by atoms with van der Waals surface area (Å²) in [5, 5.41) is 9.87. The highest BCUT2D eigenvalue weighted by Gasteiger charge is 2.46. The number of aryl methyl sites for hydroxylation is 1. The van der Waals surface area contributed by atoms with Gasteiger partial charge in [0.15, 0.2) is 0 Å². The third-order valence-corrected chi connectivity index (χ3v) is 6.57. The Hall–Kier alpha value is -1.18. The highest BCUT2D eigenvalue weighted by atomic mass is 32.2. The summed E-state index contributed by atoms with van der Waals surface area (Å²) in [7, 11) is -3.91. The molecule has 1 heterocycles. The highest BCUT2D eigenvalue weighted by molar-refractivity contribution is 7.89. The number of benzene rings is 1. The van der Waals surface area contributed by atoms with Gasteiger partial charge in [-0.25, -0.2) is 12.8 Å². The molecule has 3 N–H and O–H groups in total. The summed E-state index contributed by atoms with van der Waals surface area (Å²) in [5.74, 6) is -0.648. The fourth-order valence-electron chi connectivity index (χ4n) is 3.40. The lowest BCUT2D eigenvalue weighted by Crippen LogP contribution is -2.31. The van der Waals surface area contributed by atoms with E-state index in [9.17, 15) is 17.9 Å². The van der Waals surface area contributed by atoms with E-state index < -0.39 is 21.9 Å². The Labute approximate surface area is 123 Å². The lowest BCUT2D eigenvalue weighted by atomic mass is 10.00. The zero-order valence-corrected chi connectivity index (χ0v) is 12.6. The van der Waals surface area contributed by atoms with Crippen LogP contribution in [0.3, 0.4) is 0 Å². The highest BCUT2D eigenvalue weighted by Crippen LogP contribution is 2.40. The number of sulfonamides is 1. The van der Waals surface area contributed by atoms with Crippen molar-refractivity contribution in [3.8, 4) is 0 Å². The van der Waals surface area contributed by atoms with E-state index in [1.165, 1.54) is 10.4 Å². The minimum atomic E-state index is -3.91. The number of fused-ring (bicyclic) bond motifs is 1. The zero-order chi connectivity index (χ0) is 15.4. The molecular formula is C14H19FN2O3S. The number of halogens is 1. The second-order valence-corrected chi connectivity index (χ2v) is 7.94. The fraction of sp³-hybridized carbons (Fsp3) is 0.571. The largest absolute Gasteiger partial charge is 0.398 e. The molecule has 2 fully saturated rings. The van der Waals surface area contributed by atoms with Crippen molar-refractivity contribution < 1.29 is 17.9 Å². The molecule has 1 saturated carbocycles. The number of aliphatic hydroxyl groups is 1. The van der Waals surface area contributed by atoms with E-state index in [0.717, 1.165) is 18.9 Å². The number of nitrogens with zero attached hydrogens (tertiary/aromatic N) is 1. The van der Waals surface area contributed by atoms with Crippen molar-refractivity contribution in [2.24, 2.45) is 11.8 Å². The van der Waals surface area contributed by atoms with E-state index in [2.05, 4.69) is 0 Å². The van der Waals surface area contributed by atoms with Crippen molar-refractivity contribution in [1.82, 2.24) is 4.31 Å². The van der Waals surface area contributed by atoms with Crippen LogP contribution < -0.4 is 5.73 Å². The zero-order valence-electron chi connectivity index (χ0n) is 11.8. The monoisotopic (exact) mass is 314 g/mol. The summed E-state index contributed by atoms with van der Waals surface area (Å²) in [6, 6.07) is 2.33. The van der Waals surface area contributed by atoms with E-state index in [-0.39, 0.29) is 29.0 Å². The predicted octanol–water partition coefficient (Wildman–Crippen LogP) is 1.11. The second kappa shape index (κ2) is 4.93. The topological polar surface area (TPSA) is 83.6 Å². The first-order valence-corrected chi connectivity index (χ1v) is 8.48. The third kappa shape index (κ3) is 2.33. The van der Waals surface area contributed by atoms with E-state index in [4.69, 9.17) is 5.73 Å². The van der Waals surface area contributed by atoms with Crippen LogP contribution in [-0.2, 0) is 10.0 Å². The summed E-state index contributed by atoms with van der Waals surface area (Å²) >= 11 is 0. The van der Waals surface area contributed by atoms with Crippen LogP contribution in [0.2, 0.25) is 0 Å². The molecule has 7 heteroatoms. The molecule has 1 aromatic rings. The minimum Gasteiger partial charge on any atom is -0.398 e. The molecule has 5 nitrogen and oxygen atoms in total. The lowest BCUT2D eigenvalue weighted by molar-refractivity contribution is 0.129. The van der Waals surface area contributed by atoms with Crippen molar-refractivity contribution in [2.75, 3.05) is 18.8 Å². The number of rotatable bonds is 2. The fourth-order valence-corrected chi connectivity index (χ4v) is 5.01. The van der Waals surface area contributed by atoms with Gasteiger partial charge in [-0.1, -0.05) is 0 Å². The van der Waals surface area contributed by atoms with Crippen LogP contribution in [0.15, 0.2) is 17.0 Å². The molecule has 0 radical (unpaired) electrons. The maximum Gasteiger partial charge on any atom is 0.246 e. The van der Waals surface area contributed by atoms with Crippen LogP contribution in [0, 0.1) is 24.6 Å². The summed E-state index contributed by atoms with van der Waals surface area (Å²) < 4.78 is 40.5. The molecule has 1 aliphatic carbocycles. The number of nitrogen functional groups attached to an aromatic ring is 1. The summed E-state index contributed by atoms with van der Waals surface area (Å²) in [5.41, 5.74) is 6.48. The van der Waals surface area contributed by atoms with E-state index in [1.807, 2.05) is 0 Å². The van der Waals surface area contributed by atoms with Crippen molar-refractivity contribution in [3.63, 3.8) is 0 Å². The molecule has 0 bridgehead atoms. The normalized spacial score (nSPS) is 29.8. The Morgan fingerprint density at radius 3 is 2.71 bits per heavy atom. The van der Waals surface area contributed by atoms with Crippen LogP contribution >= 0.6 is 0 Å². The van der Waals surface area contributed by atoms with Gasteiger partial charge in [-0.15, -0.1) is 0 Å². The Bertz CT molecular complexity index is 677. The van der Waals surface area contributed by atoms with Crippen LogP contribution in [0.25, 0.3) is 0 Å². The van der Waals surface area contributed by atoms with Gasteiger partial charge in [0.1, 0.15) is 10.7 Å². The average molecular weight is 314 g/mol. The molecule has 21 heavy (non-hydrogen) atoms. The Kier molecular flexibility index (Phi) is 3.46. The van der Waals surface area contributed by atoms with Gasteiger partial charge in [0, 0.05) is 24.7 Å². The second-order valence-electron chi connectivity index (χ2n) is 6.03. The molecule has 0 amide bonds. The Morgan fingerprint density at radius 1 is 1.33 bits per heavy atom. The number of anilines is 1. The number of aliphatic hydroxyl groups excluding tert-OH is 1. The van der Waals surface area contributed by atoms with Gasteiger partial charge in [0.25, 0.3) is 0 Å². The van der Waals surface area contributed by atoms with E-state index in [0.29, 0.717) is 12.1 Å². The van der Waals surface area contributed by atoms with Crippen molar-refractivity contribution in [3.05, 3.63) is 23.5 Å². The summed E-state index contributed by atoms with van der Waals surface area (Å²) in [6.45, 7) is 2.23. The number of hydrogen-bond donors (Lipinski definition) is 2. The smallest absolute Gasteiger partial charge is 0.246 e. The quantitative estimate of drug-likeness (QED) is 0.801. The van der Waals surface area contributed by atoms with Crippen molar-refractivity contribution in [1.29, 1.82) is 0 Å². The summed E-state index contributed by atoms with van der Waals surface area (Å²) in [4.78, 5) is -0.375. The molecular weight excluding hydrogens is 295 g/mol. The number of nitrogens with two attached hydrogens (primary N) is 1. The molecule has 3 unspecified atom stereocenters. The summed E-state index contributed by atoms with van der Waals surface area (Å²) in [6.07, 6.45) is 1.08. The maximum absolute atomic E-state index is 14.0. The van der Waals surface area contributed by atoms with Crippen LogP contribution in [0.4, 0.5) is 10.1 Å². The standard InChI is InChI=1S/C14H19FN2O3S/c1-8-4-11(15)14(5-12(8)16)21(19,20)17-6-9-2-3-13(18)10(9)7-17/h4-5,9-10,13,18H,2-3,6-7,16H2,1H3. The molecule has 3 atom stereocenters. The number of hydrogen-bond acceptors (Lipinski definition) is 4. The van der Waals surface area contributed by atoms with Gasteiger partial charge < -0.3 is 10.8 Å². The predicted molar refractivity (Wildman–Crippen MR) is 76.5 cm³/mol. The lowest BCUT2D eigenvalue weighted by Gasteiger charge is -2.19. The van der Waals surface area contributed by atoms with Crippen LogP contribution in [0.1, 0.15) is 18.4 Å². The SMILES string of the molecule is Cc1cc(F)c(S(=O)(=O)N2CC3CCC(O)C3C2)cc1N. The van der Waals surface area contributed by atoms with Gasteiger partial charge >= 0.3 is 0 Å². The minimum absolute atomic E-state index is 0.0365. The maximum atomic E-state index is 14.0. The first kappa shape index (κ1) is 14.7. The van der Waals surface area contributed by atoms with Gasteiger partial charge in [0.05, 0.1) is 6.10 Å². The van der Waals surface area contributed by atoms with E-state index in [1.54, 1.807) is 6.92 Å². The Balaban J connectivity index is 1.94. The third-order valence-electron chi connectivity index (χ3n) is 4.72. The van der Waals surface area contributed by atoms with Gasteiger partial charge in [-0.3, -0.25) is 0 Å². The molecule has 1 aliphatic heterocycles. The van der Waals surface area contributed by atoms with Crippen molar-refractivity contribution >= 4 is 15.7 Å². The Morgan fingerprint density at radius 2 is 2.05 bits per heavy atom. The molecule has 0 aromatic heterocycles. The molecule has 1 aromatic carbocycles. The first-order valence-electron chi connectivity index (χ1n) is 7.04. The molecule has 116 valence electrons. The van der Waals surface area contributed by atoms with Crippen LogP contribution in [-0.4, -0.2) is 37.0 Å². The van der Waals surface area contributed by atoms with Gasteiger partial charge in [0.2, 0.25) is 10.0 Å². The van der Waals surface area contributed by atoms with Gasteiger partial charge in [-0.05, 0) is 43.4 Å². The molecule has 1 saturated heterocycles. The van der Waals surface area contributed by atoms with Gasteiger partial charge in [-0.2, -0.15) is 4.31 Å². The average Bonchev–Trinajstić information content (AvgIpc) is 2.97. The van der Waals surface area contributed by atoms with Crippen LogP contribution in [0.5, 0.6) is 0 Å². The molecule has 0 spiro atoms. The molecule has 2 aliphatic rings. The van der Waals surface area contributed by atoms with E-state index >= 15 is 0 Å². The first-order chi connectivity index (χ1) is 9.80. The molecule has 3 rings (SSSR count). The van der Waals surface area contributed by atoms with Crippen molar-refractivity contribution in [2.45, 2.75) is 30.8 Å².